The highest BCUT2D eigenvalue weighted by molar-refractivity contribution is 7.89. The molecule has 1 rings (SSSR count). The van der Waals surface area contributed by atoms with Crippen molar-refractivity contribution in [2.24, 2.45) is 5.73 Å². The molecule has 6 nitrogen and oxygen atoms in total. The zero-order chi connectivity index (χ0) is 15.0. The lowest BCUT2D eigenvalue weighted by Gasteiger charge is -2.08. The van der Waals surface area contributed by atoms with Gasteiger partial charge in [-0.25, -0.2) is 13.1 Å². The van der Waals surface area contributed by atoms with E-state index in [0.717, 1.165) is 12.8 Å². The SMILES string of the molecule is CC(C)OCCCCNS(=O)(=O)c1ccc(CN)nc1. The molecule has 0 atom stereocenters. The number of nitrogens with two attached hydrogens (primary N) is 1. The molecule has 0 spiro atoms. The number of nitrogens with one attached hydrogen (secondary N) is 1. The molecule has 0 aliphatic carbocycles. The fraction of sp³-hybridized carbons (Fsp3) is 0.615. The van der Waals surface area contributed by atoms with E-state index in [9.17, 15) is 8.42 Å². The Labute approximate surface area is 120 Å². The smallest absolute Gasteiger partial charge is 0.242 e. The minimum Gasteiger partial charge on any atom is -0.379 e. The van der Waals surface area contributed by atoms with Crippen molar-refractivity contribution in [3.05, 3.63) is 24.0 Å². The summed E-state index contributed by atoms with van der Waals surface area (Å²) < 4.78 is 31.8. The maximum Gasteiger partial charge on any atom is 0.242 e. The second-order valence-electron chi connectivity index (χ2n) is 4.71. The zero-order valence-corrected chi connectivity index (χ0v) is 12.8. The van der Waals surface area contributed by atoms with Gasteiger partial charge in [0.1, 0.15) is 4.90 Å². The van der Waals surface area contributed by atoms with Gasteiger partial charge in [-0.15, -0.1) is 0 Å². The van der Waals surface area contributed by atoms with E-state index in [0.29, 0.717) is 25.4 Å². The summed E-state index contributed by atoms with van der Waals surface area (Å²) in [5.41, 5.74) is 6.08. The largest absolute Gasteiger partial charge is 0.379 e. The molecule has 1 aromatic heterocycles. The molecular formula is C13H23N3O3S. The maximum atomic E-state index is 12.0. The molecule has 7 heteroatoms. The fourth-order valence-corrected chi connectivity index (χ4v) is 2.54. The van der Waals surface area contributed by atoms with E-state index in [1.807, 2.05) is 13.8 Å². The number of pyridine rings is 1. The quantitative estimate of drug-likeness (QED) is 0.664. The van der Waals surface area contributed by atoms with Crippen molar-refractivity contribution >= 4 is 10.0 Å². The average molecular weight is 301 g/mol. The van der Waals surface area contributed by atoms with Crippen LogP contribution in [0.15, 0.2) is 23.2 Å². The van der Waals surface area contributed by atoms with Crippen molar-refractivity contribution in [1.82, 2.24) is 9.71 Å². The Bertz CT molecular complexity index is 486. The highest BCUT2D eigenvalue weighted by Crippen LogP contribution is 2.07. The Kier molecular flexibility index (Phi) is 7.08. The van der Waals surface area contributed by atoms with E-state index in [1.54, 1.807) is 6.07 Å². The summed E-state index contributed by atoms with van der Waals surface area (Å²) in [6, 6.07) is 3.13. The minimum atomic E-state index is -3.48. The van der Waals surface area contributed by atoms with Crippen LogP contribution in [-0.4, -0.2) is 32.7 Å². The zero-order valence-electron chi connectivity index (χ0n) is 12.0. The van der Waals surface area contributed by atoms with Crippen LogP contribution in [0.4, 0.5) is 0 Å². The third-order valence-electron chi connectivity index (χ3n) is 2.63. The van der Waals surface area contributed by atoms with Gasteiger partial charge in [0, 0.05) is 25.9 Å². The molecule has 3 N–H and O–H groups in total. The molecule has 1 heterocycles. The summed E-state index contributed by atoms with van der Waals surface area (Å²) in [6.07, 6.45) is 3.09. The summed E-state index contributed by atoms with van der Waals surface area (Å²) in [5.74, 6) is 0. The minimum absolute atomic E-state index is 0.160. The van der Waals surface area contributed by atoms with Gasteiger partial charge in [0.25, 0.3) is 0 Å². The predicted octanol–water partition coefficient (Wildman–Crippen LogP) is 1.02. The first-order valence-corrected chi connectivity index (χ1v) is 8.20. The lowest BCUT2D eigenvalue weighted by molar-refractivity contribution is 0.0762. The van der Waals surface area contributed by atoms with Gasteiger partial charge >= 0.3 is 0 Å². The highest BCUT2D eigenvalue weighted by Gasteiger charge is 2.13. The number of aromatic nitrogens is 1. The molecule has 0 aromatic carbocycles. The number of nitrogens with zero attached hydrogens (tertiary/aromatic N) is 1. The van der Waals surface area contributed by atoms with Crippen LogP contribution in [0.1, 0.15) is 32.4 Å². The normalized spacial score (nSPS) is 12.0. The van der Waals surface area contributed by atoms with Crippen LogP contribution in [0.5, 0.6) is 0 Å². The Morgan fingerprint density at radius 3 is 2.65 bits per heavy atom. The van der Waals surface area contributed by atoms with Crippen LogP contribution in [0.2, 0.25) is 0 Å². The van der Waals surface area contributed by atoms with E-state index >= 15 is 0 Å². The van der Waals surface area contributed by atoms with Gasteiger partial charge < -0.3 is 10.5 Å². The van der Waals surface area contributed by atoms with Crippen LogP contribution in [0.25, 0.3) is 0 Å². The van der Waals surface area contributed by atoms with Gasteiger partial charge in [-0.2, -0.15) is 0 Å². The van der Waals surface area contributed by atoms with Gasteiger partial charge in [0.2, 0.25) is 10.0 Å². The Balaban J connectivity index is 2.37. The van der Waals surface area contributed by atoms with E-state index < -0.39 is 10.0 Å². The van der Waals surface area contributed by atoms with Gasteiger partial charge in [-0.1, -0.05) is 0 Å². The second-order valence-corrected chi connectivity index (χ2v) is 6.48. The fourth-order valence-electron chi connectivity index (χ4n) is 1.53. The summed E-state index contributed by atoms with van der Waals surface area (Å²) in [5, 5.41) is 0. The van der Waals surface area contributed by atoms with Crippen LogP contribution in [0.3, 0.4) is 0 Å². The van der Waals surface area contributed by atoms with Crippen molar-refractivity contribution < 1.29 is 13.2 Å². The Hall–Kier alpha value is -1.02. The first-order chi connectivity index (χ1) is 9.45. The monoisotopic (exact) mass is 301 g/mol. The summed E-state index contributed by atoms with van der Waals surface area (Å²) in [4.78, 5) is 4.14. The number of hydrogen-bond donors (Lipinski definition) is 2. The first kappa shape index (κ1) is 17.0. The molecule has 0 amide bonds. The summed E-state index contributed by atoms with van der Waals surface area (Å²) in [7, 11) is -3.48. The third kappa shape index (κ3) is 5.96. The van der Waals surface area contributed by atoms with Crippen molar-refractivity contribution in [3.8, 4) is 0 Å². The Morgan fingerprint density at radius 1 is 1.35 bits per heavy atom. The van der Waals surface area contributed by atoms with Crippen molar-refractivity contribution in [2.75, 3.05) is 13.2 Å². The number of rotatable bonds is 9. The number of sulfonamides is 1. The molecule has 0 unspecified atom stereocenters. The average Bonchev–Trinajstić information content (AvgIpc) is 2.42. The lowest BCUT2D eigenvalue weighted by Crippen LogP contribution is -2.25. The molecule has 0 saturated heterocycles. The van der Waals surface area contributed by atoms with Crippen molar-refractivity contribution in [1.29, 1.82) is 0 Å². The molecule has 0 fully saturated rings. The maximum absolute atomic E-state index is 12.0. The molecule has 0 bridgehead atoms. The molecule has 0 saturated carbocycles. The summed E-state index contributed by atoms with van der Waals surface area (Å²) in [6.45, 7) is 5.28. The number of hydrogen-bond acceptors (Lipinski definition) is 5. The molecular weight excluding hydrogens is 278 g/mol. The first-order valence-electron chi connectivity index (χ1n) is 6.72. The molecule has 0 aliphatic heterocycles. The van der Waals surface area contributed by atoms with Crippen LogP contribution >= 0.6 is 0 Å². The highest BCUT2D eigenvalue weighted by atomic mass is 32.2. The summed E-state index contributed by atoms with van der Waals surface area (Å²) >= 11 is 0. The predicted molar refractivity (Wildman–Crippen MR) is 77.6 cm³/mol. The van der Waals surface area contributed by atoms with Crippen molar-refractivity contribution in [3.63, 3.8) is 0 Å². The van der Waals surface area contributed by atoms with E-state index in [-0.39, 0.29) is 11.0 Å². The standard InChI is InChI=1S/C13H23N3O3S/c1-11(2)19-8-4-3-7-16-20(17,18)13-6-5-12(9-14)15-10-13/h5-6,10-11,16H,3-4,7-9,14H2,1-2H3. The topological polar surface area (TPSA) is 94.3 Å². The van der Waals surface area contributed by atoms with Gasteiger partial charge in [0.15, 0.2) is 0 Å². The number of ether oxygens (including phenoxy) is 1. The van der Waals surface area contributed by atoms with Gasteiger partial charge in [-0.05, 0) is 38.8 Å². The second kappa shape index (κ2) is 8.31. The van der Waals surface area contributed by atoms with Crippen LogP contribution in [-0.2, 0) is 21.3 Å². The number of unbranched alkanes of at least 4 members (excludes halogenated alkanes) is 1. The van der Waals surface area contributed by atoms with Crippen molar-refractivity contribution in [2.45, 2.75) is 44.2 Å². The third-order valence-corrected chi connectivity index (χ3v) is 4.08. The van der Waals surface area contributed by atoms with E-state index in [2.05, 4.69) is 9.71 Å². The molecule has 0 radical (unpaired) electrons. The molecule has 20 heavy (non-hydrogen) atoms. The lowest BCUT2D eigenvalue weighted by atomic mass is 10.3. The van der Waals surface area contributed by atoms with Gasteiger partial charge in [0.05, 0.1) is 11.8 Å². The molecule has 0 aliphatic rings. The van der Waals surface area contributed by atoms with Gasteiger partial charge in [-0.3, -0.25) is 4.98 Å². The molecule has 114 valence electrons. The molecule has 1 aromatic rings. The Morgan fingerprint density at radius 2 is 2.10 bits per heavy atom. The van der Waals surface area contributed by atoms with Crippen LogP contribution in [0, 0.1) is 0 Å². The van der Waals surface area contributed by atoms with Crippen LogP contribution < -0.4 is 10.5 Å². The van der Waals surface area contributed by atoms with E-state index in [1.165, 1.54) is 12.3 Å². The van der Waals surface area contributed by atoms with E-state index in [4.69, 9.17) is 10.5 Å².